The van der Waals surface area contributed by atoms with E-state index in [1.54, 1.807) is 19.1 Å². The highest BCUT2D eigenvalue weighted by Gasteiger charge is 2.41. The lowest BCUT2D eigenvalue weighted by molar-refractivity contribution is -0.510. The Morgan fingerprint density at radius 1 is 1.40 bits per heavy atom. The molecule has 0 fully saturated rings. The van der Waals surface area contributed by atoms with Crippen LogP contribution >= 0.6 is 0 Å². The molecule has 0 aliphatic carbocycles. The van der Waals surface area contributed by atoms with Crippen molar-refractivity contribution in [1.29, 1.82) is 0 Å². The standard InChI is InChI=1S/C10H10N2O3/c1-7-10(12(13)14)9(11-15-7)8-5-3-2-4-6-8/h2-7,10H,1H3/t7-,10-/m1/s1. The van der Waals surface area contributed by atoms with Gasteiger partial charge in [0.1, 0.15) is 0 Å². The van der Waals surface area contributed by atoms with Gasteiger partial charge in [-0.25, -0.2) is 0 Å². The van der Waals surface area contributed by atoms with Gasteiger partial charge in [-0.3, -0.25) is 10.1 Å². The maximum atomic E-state index is 10.8. The van der Waals surface area contributed by atoms with Crippen molar-refractivity contribution in [3.63, 3.8) is 0 Å². The van der Waals surface area contributed by atoms with Crippen LogP contribution in [0.2, 0.25) is 0 Å². The van der Waals surface area contributed by atoms with Crippen molar-refractivity contribution in [3.05, 3.63) is 46.0 Å². The van der Waals surface area contributed by atoms with Crippen LogP contribution in [0.15, 0.2) is 35.5 Å². The van der Waals surface area contributed by atoms with E-state index in [0.717, 1.165) is 5.56 Å². The van der Waals surface area contributed by atoms with Crippen LogP contribution < -0.4 is 0 Å². The molecule has 0 radical (unpaired) electrons. The first-order valence-corrected chi connectivity index (χ1v) is 4.63. The second-order valence-corrected chi connectivity index (χ2v) is 3.38. The van der Waals surface area contributed by atoms with Crippen LogP contribution in [-0.2, 0) is 4.84 Å². The third-order valence-corrected chi connectivity index (χ3v) is 2.34. The minimum atomic E-state index is -0.868. The van der Waals surface area contributed by atoms with Crippen molar-refractivity contribution < 1.29 is 9.76 Å². The van der Waals surface area contributed by atoms with Gasteiger partial charge >= 0.3 is 0 Å². The molecule has 0 aromatic heterocycles. The normalized spacial score (nSPS) is 24.5. The van der Waals surface area contributed by atoms with E-state index < -0.39 is 12.1 Å². The topological polar surface area (TPSA) is 64.7 Å². The lowest BCUT2D eigenvalue weighted by Gasteiger charge is -2.06. The lowest BCUT2D eigenvalue weighted by atomic mass is 10.0. The fraction of sp³-hybridized carbons (Fsp3) is 0.300. The van der Waals surface area contributed by atoms with Crippen LogP contribution in [0.1, 0.15) is 12.5 Å². The summed E-state index contributed by atoms with van der Waals surface area (Å²) in [6, 6.07) is 8.19. The highest BCUT2D eigenvalue weighted by Crippen LogP contribution is 2.19. The summed E-state index contributed by atoms with van der Waals surface area (Å²) in [4.78, 5) is 15.4. The molecule has 2 rings (SSSR count). The van der Waals surface area contributed by atoms with E-state index in [-0.39, 0.29) is 4.92 Å². The number of oxime groups is 1. The number of hydrogen-bond acceptors (Lipinski definition) is 4. The van der Waals surface area contributed by atoms with Gasteiger partial charge in [0, 0.05) is 10.5 Å². The van der Waals surface area contributed by atoms with Crippen LogP contribution in [0.25, 0.3) is 0 Å². The predicted molar refractivity (Wildman–Crippen MR) is 54.3 cm³/mol. The maximum Gasteiger partial charge on any atom is 0.296 e. The number of benzene rings is 1. The Kier molecular flexibility index (Phi) is 2.37. The third kappa shape index (κ3) is 1.68. The van der Waals surface area contributed by atoms with Crippen molar-refractivity contribution in [2.24, 2.45) is 5.16 Å². The molecule has 0 amide bonds. The minimum absolute atomic E-state index is 0.358. The Labute approximate surface area is 86.5 Å². The Morgan fingerprint density at radius 2 is 2.07 bits per heavy atom. The summed E-state index contributed by atoms with van der Waals surface area (Å²) in [6.07, 6.45) is -0.504. The molecule has 0 saturated heterocycles. The van der Waals surface area contributed by atoms with Crippen LogP contribution in [-0.4, -0.2) is 22.8 Å². The molecule has 1 aliphatic rings. The molecule has 0 spiro atoms. The average Bonchev–Trinajstić information content (AvgIpc) is 2.61. The summed E-state index contributed by atoms with van der Waals surface area (Å²) in [7, 11) is 0. The highest BCUT2D eigenvalue weighted by molar-refractivity contribution is 6.04. The average molecular weight is 206 g/mol. The maximum absolute atomic E-state index is 10.8. The molecule has 78 valence electrons. The molecule has 5 nitrogen and oxygen atoms in total. The predicted octanol–water partition coefficient (Wildman–Crippen LogP) is 1.45. The second-order valence-electron chi connectivity index (χ2n) is 3.38. The molecule has 1 aromatic rings. The number of nitro groups is 1. The van der Waals surface area contributed by atoms with Crippen LogP contribution in [0.3, 0.4) is 0 Å². The molecular weight excluding hydrogens is 196 g/mol. The van der Waals surface area contributed by atoms with E-state index in [4.69, 9.17) is 4.84 Å². The third-order valence-electron chi connectivity index (χ3n) is 2.34. The van der Waals surface area contributed by atoms with E-state index in [2.05, 4.69) is 5.16 Å². The van der Waals surface area contributed by atoms with Crippen molar-refractivity contribution in [3.8, 4) is 0 Å². The van der Waals surface area contributed by atoms with Gasteiger partial charge in [-0.15, -0.1) is 0 Å². The van der Waals surface area contributed by atoms with Crippen molar-refractivity contribution in [2.75, 3.05) is 0 Å². The number of nitrogens with zero attached hydrogens (tertiary/aromatic N) is 2. The molecule has 0 saturated carbocycles. The summed E-state index contributed by atoms with van der Waals surface area (Å²) in [6.45, 7) is 1.65. The van der Waals surface area contributed by atoms with Crippen LogP contribution in [0.5, 0.6) is 0 Å². The van der Waals surface area contributed by atoms with Crippen molar-refractivity contribution in [1.82, 2.24) is 0 Å². The van der Waals surface area contributed by atoms with Gasteiger partial charge in [0.25, 0.3) is 6.04 Å². The molecule has 1 heterocycles. The van der Waals surface area contributed by atoms with Gasteiger partial charge in [-0.1, -0.05) is 35.5 Å². The fourth-order valence-electron chi connectivity index (χ4n) is 1.58. The van der Waals surface area contributed by atoms with Crippen molar-refractivity contribution >= 4 is 5.71 Å². The Balaban J connectivity index is 2.34. The first kappa shape index (κ1) is 9.64. The summed E-state index contributed by atoms with van der Waals surface area (Å²) in [5.41, 5.74) is 1.14. The summed E-state index contributed by atoms with van der Waals surface area (Å²) < 4.78 is 0. The zero-order valence-electron chi connectivity index (χ0n) is 8.16. The Morgan fingerprint density at radius 3 is 2.67 bits per heavy atom. The highest BCUT2D eigenvalue weighted by atomic mass is 16.7. The monoisotopic (exact) mass is 206 g/mol. The second kappa shape index (κ2) is 3.68. The Hall–Kier alpha value is -1.91. The molecule has 1 aliphatic heterocycles. The van der Waals surface area contributed by atoms with Gasteiger partial charge in [0.2, 0.25) is 0 Å². The van der Waals surface area contributed by atoms with E-state index in [1.807, 2.05) is 18.2 Å². The molecule has 1 aromatic carbocycles. The van der Waals surface area contributed by atoms with Crippen LogP contribution in [0, 0.1) is 10.1 Å². The molecule has 2 atom stereocenters. The Bertz CT molecular complexity index is 402. The first-order chi connectivity index (χ1) is 7.20. The minimum Gasteiger partial charge on any atom is -0.384 e. The number of hydrogen-bond donors (Lipinski definition) is 0. The van der Waals surface area contributed by atoms with E-state index in [9.17, 15) is 10.1 Å². The molecular formula is C10H10N2O3. The van der Waals surface area contributed by atoms with Crippen LogP contribution in [0.4, 0.5) is 0 Å². The molecule has 0 N–H and O–H groups in total. The fourth-order valence-corrected chi connectivity index (χ4v) is 1.58. The van der Waals surface area contributed by atoms with Gasteiger partial charge < -0.3 is 4.84 Å². The van der Waals surface area contributed by atoms with E-state index in [0.29, 0.717) is 5.71 Å². The largest absolute Gasteiger partial charge is 0.384 e. The van der Waals surface area contributed by atoms with Gasteiger partial charge in [0.05, 0.1) is 0 Å². The smallest absolute Gasteiger partial charge is 0.296 e. The zero-order valence-corrected chi connectivity index (χ0v) is 8.16. The number of rotatable bonds is 2. The first-order valence-electron chi connectivity index (χ1n) is 4.63. The SMILES string of the molecule is C[C@H]1ON=C(c2ccccc2)[C@@H]1[N+](=O)[O-]. The van der Waals surface area contributed by atoms with Crippen molar-refractivity contribution in [2.45, 2.75) is 19.1 Å². The quantitative estimate of drug-likeness (QED) is 0.543. The lowest BCUT2D eigenvalue weighted by Crippen LogP contribution is -2.35. The molecule has 0 unspecified atom stereocenters. The van der Waals surface area contributed by atoms with Gasteiger partial charge in [-0.2, -0.15) is 0 Å². The summed E-state index contributed by atoms with van der Waals surface area (Å²) in [5, 5.41) is 14.6. The van der Waals surface area contributed by atoms with E-state index in [1.165, 1.54) is 0 Å². The summed E-state index contributed by atoms with van der Waals surface area (Å²) >= 11 is 0. The van der Waals surface area contributed by atoms with E-state index >= 15 is 0 Å². The molecule has 0 bridgehead atoms. The zero-order chi connectivity index (χ0) is 10.8. The summed E-state index contributed by atoms with van der Waals surface area (Å²) in [5.74, 6) is 0. The van der Waals surface area contributed by atoms with Gasteiger partial charge in [-0.05, 0) is 6.92 Å². The molecule has 5 heteroatoms. The molecule has 15 heavy (non-hydrogen) atoms. The van der Waals surface area contributed by atoms with Gasteiger partial charge in [0.15, 0.2) is 11.8 Å².